The van der Waals surface area contributed by atoms with Gasteiger partial charge in [0.05, 0.1) is 5.57 Å². The van der Waals surface area contributed by atoms with Gasteiger partial charge >= 0.3 is 0 Å². The topological polar surface area (TPSA) is 78.4 Å². The van der Waals surface area contributed by atoms with Gasteiger partial charge in [-0.3, -0.25) is 14.8 Å². The SMILES string of the molecule is CC(=C(C(=O)NC1CC1)c1ccc(F)cc1)c1ccc(C=CC(=O)NO)cc1. The number of carbonyl (C=O) groups excluding carboxylic acids is 2. The van der Waals surface area contributed by atoms with Crippen LogP contribution in [-0.4, -0.2) is 23.1 Å². The predicted octanol–water partition coefficient (Wildman–Crippen LogP) is 3.55. The first kappa shape index (κ1) is 19.5. The summed E-state index contributed by atoms with van der Waals surface area (Å²) in [5, 5.41) is 11.5. The van der Waals surface area contributed by atoms with Crippen molar-refractivity contribution in [3.05, 3.63) is 77.1 Å². The summed E-state index contributed by atoms with van der Waals surface area (Å²) in [4.78, 5) is 23.9. The average molecular weight is 380 g/mol. The Bertz CT molecular complexity index is 927. The van der Waals surface area contributed by atoms with E-state index in [1.54, 1.807) is 30.3 Å². The van der Waals surface area contributed by atoms with Gasteiger partial charge in [-0.05, 0) is 60.2 Å². The number of halogens is 1. The molecule has 0 saturated heterocycles. The van der Waals surface area contributed by atoms with Crippen LogP contribution in [0.3, 0.4) is 0 Å². The zero-order valence-corrected chi connectivity index (χ0v) is 15.4. The smallest absolute Gasteiger partial charge is 0.267 e. The van der Waals surface area contributed by atoms with Crippen molar-refractivity contribution in [1.29, 1.82) is 0 Å². The molecule has 2 aromatic carbocycles. The van der Waals surface area contributed by atoms with E-state index in [0.29, 0.717) is 11.1 Å². The maximum absolute atomic E-state index is 13.3. The molecular weight excluding hydrogens is 359 g/mol. The van der Waals surface area contributed by atoms with E-state index in [2.05, 4.69) is 5.32 Å². The molecule has 0 aliphatic heterocycles. The van der Waals surface area contributed by atoms with Crippen LogP contribution in [0.5, 0.6) is 0 Å². The van der Waals surface area contributed by atoms with Crippen LogP contribution >= 0.6 is 0 Å². The van der Waals surface area contributed by atoms with Crippen molar-refractivity contribution in [2.75, 3.05) is 0 Å². The third-order valence-electron chi connectivity index (χ3n) is 4.53. The number of allylic oxidation sites excluding steroid dienone is 1. The Hall–Kier alpha value is -3.25. The summed E-state index contributed by atoms with van der Waals surface area (Å²) in [6, 6.07) is 13.4. The largest absolute Gasteiger partial charge is 0.349 e. The van der Waals surface area contributed by atoms with Crippen molar-refractivity contribution >= 4 is 29.0 Å². The molecule has 144 valence electrons. The Morgan fingerprint density at radius 1 is 1.04 bits per heavy atom. The van der Waals surface area contributed by atoms with E-state index in [0.717, 1.165) is 29.5 Å². The highest BCUT2D eigenvalue weighted by Gasteiger charge is 2.26. The predicted molar refractivity (Wildman–Crippen MR) is 105 cm³/mol. The maximum atomic E-state index is 13.3. The first-order valence-corrected chi connectivity index (χ1v) is 8.98. The molecule has 5 nitrogen and oxygen atoms in total. The summed E-state index contributed by atoms with van der Waals surface area (Å²) in [5.41, 5.74) is 5.08. The first-order valence-electron chi connectivity index (χ1n) is 8.98. The first-order chi connectivity index (χ1) is 13.5. The number of amides is 2. The van der Waals surface area contributed by atoms with Crippen molar-refractivity contribution in [2.45, 2.75) is 25.8 Å². The minimum absolute atomic E-state index is 0.171. The van der Waals surface area contributed by atoms with Crippen molar-refractivity contribution in [3.8, 4) is 0 Å². The van der Waals surface area contributed by atoms with Gasteiger partial charge in [0.25, 0.3) is 11.8 Å². The Balaban J connectivity index is 1.94. The molecule has 0 radical (unpaired) electrons. The lowest BCUT2D eigenvalue weighted by Gasteiger charge is -2.14. The van der Waals surface area contributed by atoms with Crippen LogP contribution in [0.15, 0.2) is 54.6 Å². The number of nitrogens with one attached hydrogen (secondary N) is 2. The van der Waals surface area contributed by atoms with Crippen LogP contribution in [-0.2, 0) is 9.59 Å². The van der Waals surface area contributed by atoms with Crippen molar-refractivity contribution in [3.63, 3.8) is 0 Å². The number of benzene rings is 2. The van der Waals surface area contributed by atoms with E-state index in [-0.39, 0.29) is 17.8 Å². The summed E-state index contributed by atoms with van der Waals surface area (Å²) < 4.78 is 13.3. The van der Waals surface area contributed by atoms with Crippen molar-refractivity contribution in [2.24, 2.45) is 0 Å². The van der Waals surface area contributed by atoms with Crippen LogP contribution < -0.4 is 10.8 Å². The molecule has 0 spiro atoms. The van der Waals surface area contributed by atoms with E-state index in [1.807, 2.05) is 19.1 Å². The molecule has 2 aromatic rings. The van der Waals surface area contributed by atoms with Gasteiger partial charge < -0.3 is 5.32 Å². The Labute approximate surface area is 162 Å². The lowest BCUT2D eigenvalue weighted by molar-refractivity contribution is -0.124. The summed E-state index contributed by atoms with van der Waals surface area (Å²) in [7, 11) is 0. The number of rotatable bonds is 6. The van der Waals surface area contributed by atoms with Crippen LogP contribution in [0.2, 0.25) is 0 Å². The molecule has 1 fully saturated rings. The van der Waals surface area contributed by atoms with Gasteiger partial charge in [0.15, 0.2) is 0 Å². The lowest BCUT2D eigenvalue weighted by Crippen LogP contribution is -2.26. The van der Waals surface area contributed by atoms with Crippen LogP contribution in [0.1, 0.15) is 36.5 Å². The Morgan fingerprint density at radius 2 is 1.64 bits per heavy atom. The molecule has 3 rings (SSSR count). The fourth-order valence-corrected chi connectivity index (χ4v) is 2.82. The van der Waals surface area contributed by atoms with E-state index in [9.17, 15) is 14.0 Å². The summed E-state index contributed by atoms with van der Waals surface area (Å²) >= 11 is 0. The van der Waals surface area contributed by atoms with Gasteiger partial charge in [0, 0.05) is 12.1 Å². The molecular formula is C22H21FN2O3. The minimum Gasteiger partial charge on any atom is -0.349 e. The number of hydrogen-bond donors (Lipinski definition) is 3. The van der Waals surface area contributed by atoms with Crippen molar-refractivity contribution in [1.82, 2.24) is 10.8 Å². The van der Waals surface area contributed by atoms with E-state index < -0.39 is 5.91 Å². The van der Waals surface area contributed by atoms with Gasteiger partial charge in [-0.25, -0.2) is 9.87 Å². The fraction of sp³-hybridized carbons (Fsp3) is 0.182. The number of carbonyl (C=O) groups is 2. The number of hydrogen-bond acceptors (Lipinski definition) is 3. The average Bonchev–Trinajstić information content (AvgIpc) is 3.52. The Kier molecular flexibility index (Phi) is 6.01. The molecule has 3 N–H and O–H groups in total. The molecule has 0 atom stereocenters. The number of hydroxylamine groups is 1. The molecule has 2 amide bonds. The summed E-state index contributed by atoms with van der Waals surface area (Å²) in [6.07, 6.45) is 4.73. The third kappa shape index (κ3) is 4.92. The van der Waals surface area contributed by atoms with Gasteiger partial charge in [0.1, 0.15) is 5.82 Å². The van der Waals surface area contributed by atoms with Crippen LogP contribution in [0.4, 0.5) is 4.39 Å². The third-order valence-corrected chi connectivity index (χ3v) is 4.53. The fourth-order valence-electron chi connectivity index (χ4n) is 2.82. The van der Waals surface area contributed by atoms with Gasteiger partial charge in [0.2, 0.25) is 0 Å². The Morgan fingerprint density at radius 3 is 2.21 bits per heavy atom. The van der Waals surface area contributed by atoms with Crippen LogP contribution in [0.25, 0.3) is 17.2 Å². The minimum atomic E-state index is -0.615. The standard InChI is InChI=1S/C22H21FN2O3/c1-14(16-5-2-15(3-6-16)4-13-20(26)25-28)21(22(27)24-19-11-12-19)17-7-9-18(23)10-8-17/h2-10,13,19,28H,11-12H2,1H3,(H,24,27)(H,25,26). The second-order valence-electron chi connectivity index (χ2n) is 6.69. The quantitative estimate of drug-likeness (QED) is 0.310. The molecule has 6 heteroatoms. The van der Waals surface area contributed by atoms with Crippen LogP contribution in [0, 0.1) is 5.82 Å². The molecule has 0 heterocycles. The second kappa shape index (κ2) is 8.63. The molecule has 0 aromatic heterocycles. The molecule has 28 heavy (non-hydrogen) atoms. The van der Waals surface area contributed by atoms with E-state index in [4.69, 9.17) is 5.21 Å². The van der Waals surface area contributed by atoms with E-state index in [1.165, 1.54) is 23.7 Å². The normalized spacial score (nSPS) is 14.5. The monoisotopic (exact) mass is 380 g/mol. The molecule has 1 saturated carbocycles. The van der Waals surface area contributed by atoms with Gasteiger partial charge in [-0.15, -0.1) is 0 Å². The van der Waals surface area contributed by atoms with Gasteiger partial charge in [-0.2, -0.15) is 0 Å². The van der Waals surface area contributed by atoms with Crippen molar-refractivity contribution < 1.29 is 19.2 Å². The highest BCUT2D eigenvalue weighted by molar-refractivity contribution is 6.26. The lowest BCUT2D eigenvalue weighted by atomic mass is 9.94. The van der Waals surface area contributed by atoms with Gasteiger partial charge in [-0.1, -0.05) is 36.4 Å². The zero-order chi connectivity index (χ0) is 20.1. The second-order valence-corrected chi connectivity index (χ2v) is 6.69. The maximum Gasteiger partial charge on any atom is 0.267 e. The summed E-state index contributed by atoms with van der Waals surface area (Å²) in [6.45, 7) is 1.86. The highest BCUT2D eigenvalue weighted by atomic mass is 19.1. The molecule has 1 aliphatic rings. The summed E-state index contributed by atoms with van der Waals surface area (Å²) in [5.74, 6) is -1.14. The highest BCUT2D eigenvalue weighted by Crippen LogP contribution is 2.29. The molecule has 1 aliphatic carbocycles. The molecule has 0 bridgehead atoms. The molecule has 0 unspecified atom stereocenters. The zero-order valence-electron chi connectivity index (χ0n) is 15.4. The van der Waals surface area contributed by atoms with E-state index >= 15 is 0 Å².